The van der Waals surface area contributed by atoms with Crippen LogP contribution in [0, 0.1) is 5.41 Å². The Balaban J connectivity index is 3.97. The molecule has 0 aliphatic heterocycles. The number of unbranched alkanes of at least 4 members (excludes halogenated alkanes) is 1. The minimum atomic E-state index is -0.874. The molecule has 0 fully saturated rings. The van der Waals surface area contributed by atoms with Crippen LogP contribution in [0.2, 0.25) is 0 Å². The van der Waals surface area contributed by atoms with E-state index in [9.17, 15) is 9.59 Å². The van der Waals surface area contributed by atoms with Crippen molar-refractivity contribution in [1.29, 1.82) is 0 Å². The summed E-state index contributed by atoms with van der Waals surface area (Å²) < 4.78 is 0. The third-order valence-electron chi connectivity index (χ3n) is 2.68. The summed E-state index contributed by atoms with van der Waals surface area (Å²) in [6, 6.07) is -0.544. The third-order valence-corrected chi connectivity index (χ3v) is 2.68. The zero-order valence-electron chi connectivity index (χ0n) is 11.2. The Morgan fingerprint density at radius 1 is 1.33 bits per heavy atom. The molecule has 1 atom stereocenters. The van der Waals surface area contributed by atoms with E-state index >= 15 is 0 Å². The second kappa shape index (κ2) is 8.05. The second-order valence-corrected chi connectivity index (χ2v) is 5.34. The van der Waals surface area contributed by atoms with E-state index < -0.39 is 17.4 Å². The highest BCUT2D eigenvalue weighted by atomic mass is 16.4. The Hall–Kier alpha value is -1.14. The Labute approximate surface area is 108 Å². The van der Waals surface area contributed by atoms with Crippen LogP contribution in [0.25, 0.3) is 0 Å². The summed E-state index contributed by atoms with van der Waals surface area (Å²) in [6.45, 7) is 4.49. The van der Waals surface area contributed by atoms with Gasteiger partial charge >= 0.3 is 5.97 Å². The van der Waals surface area contributed by atoms with Crippen LogP contribution < -0.4 is 16.8 Å². The van der Waals surface area contributed by atoms with Crippen LogP contribution in [-0.4, -0.2) is 36.1 Å². The summed E-state index contributed by atoms with van der Waals surface area (Å²) in [4.78, 5) is 22.3. The number of carbonyl (C=O) groups is 2. The Morgan fingerprint density at radius 3 is 2.44 bits per heavy atom. The third kappa shape index (κ3) is 8.03. The summed E-state index contributed by atoms with van der Waals surface area (Å²) in [6.07, 6.45) is 2.28. The highest BCUT2D eigenvalue weighted by Gasteiger charge is 2.23. The Morgan fingerprint density at radius 2 is 1.94 bits per heavy atom. The van der Waals surface area contributed by atoms with Crippen molar-refractivity contribution < 1.29 is 14.7 Å². The van der Waals surface area contributed by atoms with Crippen LogP contribution in [0.5, 0.6) is 0 Å². The van der Waals surface area contributed by atoms with Crippen LogP contribution in [0.3, 0.4) is 0 Å². The molecule has 18 heavy (non-hydrogen) atoms. The van der Waals surface area contributed by atoms with Gasteiger partial charge in [0.25, 0.3) is 0 Å². The molecule has 6 N–H and O–H groups in total. The van der Waals surface area contributed by atoms with Gasteiger partial charge in [0, 0.05) is 6.54 Å². The molecule has 6 nitrogen and oxygen atoms in total. The van der Waals surface area contributed by atoms with Crippen LogP contribution in [0.1, 0.15) is 39.5 Å². The number of carbonyl (C=O) groups excluding carboxylic acids is 1. The lowest BCUT2D eigenvalue weighted by Crippen LogP contribution is -2.44. The van der Waals surface area contributed by atoms with Gasteiger partial charge in [-0.3, -0.25) is 9.59 Å². The molecule has 1 amide bonds. The van der Waals surface area contributed by atoms with Crippen molar-refractivity contribution in [3.63, 3.8) is 0 Å². The van der Waals surface area contributed by atoms with Crippen molar-refractivity contribution in [2.75, 3.05) is 13.1 Å². The van der Waals surface area contributed by atoms with Gasteiger partial charge in [-0.15, -0.1) is 0 Å². The van der Waals surface area contributed by atoms with E-state index in [1.807, 2.05) is 0 Å². The fourth-order valence-corrected chi connectivity index (χ4v) is 1.57. The Kier molecular flexibility index (Phi) is 7.54. The molecule has 6 heteroatoms. The van der Waals surface area contributed by atoms with E-state index in [0.717, 1.165) is 12.8 Å². The average molecular weight is 259 g/mol. The van der Waals surface area contributed by atoms with Crippen LogP contribution in [0.15, 0.2) is 0 Å². The number of carboxylic acid groups (broad SMARTS) is 1. The van der Waals surface area contributed by atoms with Crippen LogP contribution >= 0.6 is 0 Å². The molecule has 0 aromatic heterocycles. The molecule has 0 bridgehead atoms. The molecule has 0 saturated heterocycles. The molecular formula is C12H25N3O3. The molecule has 0 aromatic carbocycles. The van der Waals surface area contributed by atoms with Gasteiger partial charge in [0.15, 0.2) is 0 Å². The molecule has 0 aliphatic rings. The van der Waals surface area contributed by atoms with E-state index in [4.69, 9.17) is 16.6 Å². The van der Waals surface area contributed by atoms with Crippen molar-refractivity contribution in [3.05, 3.63) is 0 Å². The first-order valence-corrected chi connectivity index (χ1v) is 6.23. The monoisotopic (exact) mass is 259 g/mol. The fraction of sp³-hybridized carbons (Fsp3) is 0.833. The van der Waals surface area contributed by atoms with E-state index in [0.29, 0.717) is 19.5 Å². The predicted molar refractivity (Wildman–Crippen MR) is 69.9 cm³/mol. The molecule has 106 valence electrons. The maximum atomic E-state index is 11.7. The first-order valence-electron chi connectivity index (χ1n) is 6.23. The normalized spacial score (nSPS) is 13.1. The maximum absolute atomic E-state index is 11.7. The van der Waals surface area contributed by atoms with E-state index in [-0.39, 0.29) is 12.3 Å². The fourth-order valence-electron chi connectivity index (χ4n) is 1.57. The van der Waals surface area contributed by atoms with E-state index in [2.05, 4.69) is 5.32 Å². The van der Waals surface area contributed by atoms with Gasteiger partial charge in [-0.2, -0.15) is 0 Å². The maximum Gasteiger partial charge on any atom is 0.303 e. The number of carboxylic acids is 1. The first-order chi connectivity index (χ1) is 8.28. The SMILES string of the molecule is CC(C)(CNC(=O)[C@@H](N)CCCCN)CC(=O)O. The zero-order chi connectivity index (χ0) is 14.2. The summed E-state index contributed by atoms with van der Waals surface area (Å²) in [5, 5.41) is 11.4. The summed E-state index contributed by atoms with van der Waals surface area (Å²) in [7, 11) is 0. The van der Waals surface area contributed by atoms with Gasteiger partial charge in [-0.05, 0) is 24.8 Å². The molecule has 0 aromatic rings. The molecular weight excluding hydrogens is 234 g/mol. The lowest BCUT2D eigenvalue weighted by Gasteiger charge is -2.23. The van der Waals surface area contributed by atoms with Crippen LogP contribution in [-0.2, 0) is 9.59 Å². The number of aliphatic carboxylic acids is 1. The number of hydrogen-bond acceptors (Lipinski definition) is 4. The van der Waals surface area contributed by atoms with Crippen molar-refractivity contribution in [2.45, 2.75) is 45.6 Å². The smallest absolute Gasteiger partial charge is 0.303 e. The second-order valence-electron chi connectivity index (χ2n) is 5.34. The van der Waals surface area contributed by atoms with Gasteiger partial charge < -0.3 is 21.9 Å². The summed E-state index contributed by atoms with van der Waals surface area (Å²) in [5.41, 5.74) is 10.6. The number of nitrogens with two attached hydrogens (primary N) is 2. The van der Waals surface area contributed by atoms with Crippen LogP contribution in [0.4, 0.5) is 0 Å². The van der Waals surface area contributed by atoms with Gasteiger partial charge in [-0.25, -0.2) is 0 Å². The van der Waals surface area contributed by atoms with Crippen molar-refractivity contribution in [1.82, 2.24) is 5.32 Å². The molecule has 0 spiro atoms. The molecule has 0 aliphatic carbocycles. The van der Waals surface area contributed by atoms with Crippen molar-refractivity contribution in [2.24, 2.45) is 16.9 Å². The van der Waals surface area contributed by atoms with Gasteiger partial charge in [0.05, 0.1) is 12.5 Å². The molecule has 0 rings (SSSR count). The predicted octanol–water partition coefficient (Wildman–Crippen LogP) is 0.0598. The van der Waals surface area contributed by atoms with Gasteiger partial charge in [0.1, 0.15) is 0 Å². The average Bonchev–Trinajstić information content (AvgIpc) is 2.24. The van der Waals surface area contributed by atoms with Crippen molar-refractivity contribution >= 4 is 11.9 Å². The van der Waals surface area contributed by atoms with Crippen molar-refractivity contribution in [3.8, 4) is 0 Å². The number of rotatable bonds is 9. The molecule has 0 heterocycles. The molecule has 0 radical (unpaired) electrons. The summed E-state index contributed by atoms with van der Waals surface area (Å²) >= 11 is 0. The number of amides is 1. The summed E-state index contributed by atoms with van der Waals surface area (Å²) in [5.74, 6) is -1.10. The lowest BCUT2D eigenvalue weighted by atomic mass is 9.89. The van der Waals surface area contributed by atoms with E-state index in [1.165, 1.54) is 0 Å². The van der Waals surface area contributed by atoms with Gasteiger partial charge in [0.2, 0.25) is 5.91 Å². The topological polar surface area (TPSA) is 118 Å². The van der Waals surface area contributed by atoms with E-state index in [1.54, 1.807) is 13.8 Å². The Bertz CT molecular complexity index is 280. The highest BCUT2D eigenvalue weighted by molar-refractivity contribution is 5.81. The van der Waals surface area contributed by atoms with Gasteiger partial charge in [-0.1, -0.05) is 20.3 Å². The largest absolute Gasteiger partial charge is 0.481 e. The zero-order valence-corrected chi connectivity index (χ0v) is 11.2. The number of nitrogens with one attached hydrogen (secondary N) is 1. The minimum absolute atomic E-state index is 0.00961. The molecule has 0 unspecified atom stereocenters. The lowest BCUT2D eigenvalue weighted by molar-refractivity contribution is -0.139. The quantitative estimate of drug-likeness (QED) is 0.437. The standard InChI is InChI=1S/C12H25N3O3/c1-12(2,7-10(16)17)8-15-11(18)9(14)5-3-4-6-13/h9H,3-8,13-14H2,1-2H3,(H,15,18)(H,16,17)/t9-/m0/s1. The number of hydrogen-bond donors (Lipinski definition) is 4. The first kappa shape index (κ1) is 16.9. The molecule has 0 saturated carbocycles. The highest BCUT2D eigenvalue weighted by Crippen LogP contribution is 2.18. The minimum Gasteiger partial charge on any atom is -0.481 e.